The maximum absolute atomic E-state index is 9.21. The van der Waals surface area contributed by atoms with Crippen LogP contribution in [0.5, 0.6) is 17.2 Å². The molecular formula is C14H12N2O2. The van der Waals surface area contributed by atoms with E-state index in [0.29, 0.717) is 5.75 Å². The molecule has 0 unspecified atom stereocenters. The van der Waals surface area contributed by atoms with Crippen LogP contribution in [0, 0.1) is 0 Å². The van der Waals surface area contributed by atoms with Gasteiger partial charge in [0.15, 0.2) is 0 Å². The Balaban J connectivity index is 1.94. The van der Waals surface area contributed by atoms with E-state index >= 15 is 0 Å². The molecule has 0 saturated heterocycles. The summed E-state index contributed by atoms with van der Waals surface area (Å²) in [6.45, 7) is 0. The van der Waals surface area contributed by atoms with Crippen molar-refractivity contribution in [3.05, 3.63) is 48.8 Å². The molecule has 0 aliphatic heterocycles. The lowest BCUT2D eigenvalue weighted by Gasteiger charge is -2.06. The molecule has 0 saturated carbocycles. The van der Waals surface area contributed by atoms with Gasteiger partial charge in [0.2, 0.25) is 0 Å². The van der Waals surface area contributed by atoms with Crippen LogP contribution in [-0.4, -0.2) is 14.7 Å². The van der Waals surface area contributed by atoms with E-state index in [-0.39, 0.29) is 5.75 Å². The number of hydrogen-bond acceptors (Lipinski definition) is 3. The topological polar surface area (TPSA) is 47.3 Å². The highest BCUT2D eigenvalue weighted by Crippen LogP contribution is 2.26. The van der Waals surface area contributed by atoms with Crippen molar-refractivity contribution in [3.8, 4) is 17.2 Å². The first kappa shape index (κ1) is 10.7. The second-order valence-electron chi connectivity index (χ2n) is 4.10. The maximum Gasteiger partial charge on any atom is 0.129 e. The van der Waals surface area contributed by atoms with Crippen LogP contribution >= 0.6 is 0 Å². The van der Waals surface area contributed by atoms with Gasteiger partial charge in [-0.2, -0.15) is 0 Å². The van der Waals surface area contributed by atoms with Crippen molar-refractivity contribution >= 4 is 11.0 Å². The van der Waals surface area contributed by atoms with Crippen LogP contribution in [0.2, 0.25) is 0 Å². The van der Waals surface area contributed by atoms with Gasteiger partial charge in [0.05, 0.1) is 17.4 Å². The Morgan fingerprint density at radius 1 is 1.06 bits per heavy atom. The van der Waals surface area contributed by atoms with E-state index in [1.807, 2.05) is 29.8 Å². The van der Waals surface area contributed by atoms with Gasteiger partial charge < -0.3 is 14.4 Å². The van der Waals surface area contributed by atoms with Crippen molar-refractivity contribution in [1.82, 2.24) is 9.55 Å². The van der Waals surface area contributed by atoms with Crippen molar-refractivity contribution < 1.29 is 9.84 Å². The number of phenolic OH excluding ortho intramolecular Hbond substituents is 1. The van der Waals surface area contributed by atoms with Crippen LogP contribution in [0.25, 0.3) is 11.0 Å². The number of hydrogen-bond donors (Lipinski definition) is 1. The summed E-state index contributed by atoms with van der Waals surface area (Å²) < 4.78 is 7.66. The van der Waals surface area contributed by atoms with Crippen LogP contribution in [0.15, 0.2) is 48.8 Å². The second kappa shape index (κ2) is 4.07. The zero-order valence-electron chi connectivity index (χ0n) is 9.87. The lowest BCUT2D eigenvalue weighted by atomic mass is 10.3. The highest BCUT2D eigenvalue weighted by atomic mass is 16.5. The van der Waals surface area contributed by atoms with Gasteiger partial charge in [0.25, 0.3) is 0 Å². The van der Waals surface area contributed by atoms with Crippen molar-refractivity contribution in [2.45, 2.75) is 0 Å². The molecule has 18 heavy (non-hydrogen) atoms. The summed E-state index contributed by atoms with van der Waals surface area (Å²) in [6.07, 6.45) is 1.77. The third kappa shape index (κ3) is 1.88. The molecule has 1 aromatic heterocycles. The first-order chi connectivity index (χ1) is 8.72. The van der Waals surface area contributed by atoms with E-state index in [0.717, 1.165) is 16.8 Å². The van der Waals surface area contributed by atoms with Gasteiger partial charge >= 0.3 is 0 Å². The Bertz CT molecular complexity index is 687. The molecule has 0 bridgehead atoms. The molecule has 3 aromatic rings. The molecule has 90 valence electrons. The quantitative estimate of drug-likeness (QED) is 0.748. The van der Waals surface area contributed by atoms with Crippen molar-refractivity contribution in [3.63, 3.8) is 0 Å². The molecule has 4 nitrogen and oxygen atoms in total. The summed E-state index contributed by atoms with van der Waals surface area (Å²) in [6, 6.07) is 12.4. The Hall–Kier alpha value is -2.49. The molecule has 1 heterocycles. The molecule has 0 atom stereocenters. The molecule has 0 amide bonds. The van der Waals surface area contributed by atoms with Crippen LogP contribution in [0.4, 0.5) is 0 Å². The van der Waals surface area contributed by atoms with E-state index in [9.17, 15) is 5.11 Å². The number of imidazole rings is 1. The van der Waals surface area contributed by atoms with Gasteiger partial charge in [-0.05, 0) is 36.4 Å². The summed E-state index contributed by atoms with van der Waals surface area (Å²) in [5.74, 6) is 1.66. The molecule has 0 fully saturated rings. The highest BCUT2D eigenvalue weighted by Gasteiger charge is 2.03. The Labute approximate surface area is 104 Å². The maximum atomic E-state index is 9.21. The average molecular weight is 240 g/mol. The third-order valence-corrected chi connectivity index (χ3v) is 2.77. The number of aromatic nitrogens is 2. The lowest BCUT2D eigenvalue weighted by Crippen LogP contribution is -1.86. The molecule has 2 aromatic carbocycles. The summed E-state index contributed by atoms with van der Waals surface area (Å²) in [5, 5.41) is 9.21. The van der Waals surface area contributed by atoms with Crippen molar-refractivity contribution in [2.24, 2.45) is 7.05 Å². The summed E-state index contributed by atoms with van der Waals surface area (Å²) in [7, 11) is 1.94. The van der Waals surface area contributed by atoms with Gasteiger partial charge in [-0.1, -0.05) is 0 Å². The number of phenols is 1. The molecule has 4 heteroatoms. The van der Waals surface area contributed by atoms with Crippen LogP contribution < -0.4 is 4.74 Å². The average Bonchev–Trinajstić information content (AvgIpc) is 2.74. The Kier molecular flexibility index (Phi) is 2.41. The molecule has 0 radical (unpaired) electrons. The van der Waals surface area contributed by atoms with E-state index in [1.165, 1.54) is 0 Å². The van der Waals surface area contributed by atoms with E-state index in [2.05, 4.69) is 4.98 Å². The Morgan fingerprint density at radius 2 is 1.78 bits per heavy atom. The van der Waals surface area contributed by atoms with Gasteiger partial charge in [-0.25, -0.2) is 4.98 Å². The first-order valence-electron chi connectivity index (χ1n) is 5.60. The van der Waals surface area contributed by atoms with Gasteiger partial charge in [-0.3, -0.25) is 0 Å². The zero-order chi connectivity index (χ0) is 12.5. The molecule has 3 rings (SSSR count). The number of aromatic hydroxyl groups is 1. The minimum Gasteiger partial charge on any atom is -0.508 e. The monoisotopic (exact) mass is 240 g/mol. The first-order valence-corrected chi connectivity index (χ1v) is 5.60. The fraction of sp³-hybridized carbons (Fsp3) is 0.0714. The molecule has 0 aliphatic rings. The number of rotatable bonds is 2. The molecule has 0 spiro atoms. The predicted molar refractivity (Wildman–Crippen MR) is 68.9 cm³/mol. The van der Waals surface area contributed by atoms with Gasteiger partial charge in [0, 0.05) is 13.1 Å². The van der Waals surface area contributed by atoms with Crippen molar-refractivity contribution in [1.29, 1.82) is 0 Å². The summed E-state index contributed by atoms with van der Waals surface area (Å²) >= 11 is 0. The Morgan fingerprint density at radius 3 is 2.56 bits per heavy atom. The van der Waals surface area contributed by atoms with E-state index in [1.54, 1.807) is 30.6 Å². The number of nitrogens with zero attached hydrogens (tertiary/aromatic N) is 2. The largest absolute Gasteiger partial charge is 0.508 e. The SMILES string of the molecule is Cn1cnc2ccc(Oc3ccc(O)cc3)cc21. The predicted octanol–water partition coefficient (Wildman–Crippen LogP) is 3.07. The number of ether oxygens (including phenoxy) is 1. The number of benzene rings is 2. The normalized spacial score (nSPS) is 10.7. The highest BCUT2D eigenvalue weighted by molar-refractivity contribution is 5.77. The fourth-order valence-corrected chi connectivity index (χ4v) is 1.82. The molecule has 0 aliphatic carbocycles. The third-order valence-electron chi connectivity index (χ3n) is 2.77. The molecular weight excluding hydrogens is 228 g/mol. The number of aryl methyl sites for hydroxylation is 1. The standard InChI is InChI=1S/C14H12N2O2/c1-16-9-15-13-7-6-12(8-14(13)16)18-11-4-2-10(17)3-5-11/h2-9,17H,1H3. The van der Waals surface area contributed by atoms with Crippen molar-refractivity contribution in [2.75, 3.05) is 0 Å². The lowest BCUT2D eigenvalue weighted by molar-refractivity contribution is 0.464. The minimum absolute atomic E-state index is 0.226. The molecule has 1 N–H and O–H groups in total. The van der Waals surface area contributed by atoms with Gasteiger partial charge in [-0.15, -0.1) is 0 Å². The second-order valence-corrected chi connectivity index (χ2v) is 4.10. The summed E-state index contributed by atoms with van der Waals surface area (Å²) in [5.41, 5.74) is 1.96. The smallest absolute Gasteiger partial charge is 0.129 e. The van der Waals surface area contributed by atoms with Crippen LogP contribution in [0.1, 0.15) is 0 Å². The van der Waals surface area contributed by atoms with Gasteiger partial charge in [0.1, 0.15) is 17.2 Å². The van der Waals surface area contributed by atoms with Crippen LogP contribution in [0.3, 0.4) is 0 Å². The van der Waals surface area contributed by atoms with E-state index < -0.39 is 0 Å². The fourth-order valence-electron chi connectivity index (χ4n) is 1.82. The minimum atomic E-state index is 0.226. The summed E-state index contributed by atoms with van der Waals surface area (Å²) in [4.78, 5) is 4.25. The van der Waals surface area contributed by atoms with Crippen LogP contribution in [-0.2, 0) is 7.05 Å². The van der Waals surface area contributed by atoms with E-state index in [4.69, 9.17) is 4.74 Å². The number of fused-ring (bicyclic) bond motifs is 1. The zero-order valence-corrected chi connectivity index (χ0v) is 9.87.